The van der Waals surface area contributed by atoms with Gasteiger partial charge in [0.15, 0.2) is 5.78 Å². The number of aliphatic hydroxyl groups excluding tert-OH is 1. The van der Waals surface area contributed by atoms with Crippen LogP contribution in [-0.4, -0.2) is 28.9 Å². The van der Waals surface area contributed by atoms with Crippen LogP contribution in [0.3, 0.4) is 0 Å². The number of hydrogen-bond acceptors (Lipinski definition) is 4. The molecule has 7 rings (SSSR count). The van der Waals surface area contributed by atoms with Crippen LogP contribution < -0.4 is 10.5 Å². The maximum atomic E-state index is 11.5. The third-order valence-corrected chi connectivity index (χ3v) is 12.8. The normalized spacial score (nSPS) is 14.1. The number of ketones is 1. The van der Waals surface area contributed by atoms with Crippen molar-refractivity contribution in [2.24, 2.45) is 16.7 Å². The zero-order valence-electron chi connectivity index (χ0n) is 30.4. The molecule has 0 saturated heterocycles. The molecular formula is C43H47IrN2O2Si-. The Morgan fingerprint density at radius 1 is 0.878 bits per heavy atom. The first-order valence-electron chi connectivity index (χ1n) is 17.0. The number of rotatable bonds is 3. The molecule has 2 aromatic heterocycles. The quantitative estimate of drug-likeness (QED) is 0.0634. The van der Waals surface area contributed by atoms with Gasteiger partial charge in [-0.05, 0) is 67.1 Å². The zero-order chi connectivity index (χ0) is 34.8. The summed E-state index contributed by atoms with van der Waals surface area (Å²) in [5, 5.41) is 21.2. The van der Waals surface area contributed by atoms with Gasteiger partial charge in [0, 0.05) is 48.9 Å². The van der Waals surface area contributed by atoms with Gasteiger partial charge in [-0.25, -0.2) is 0 Å². The van der Waals surface area contributed by atoms with E-state index in [0.29, 0.717) is 5.92 Å². The van der Waals surface area contributed by atoms with Gasteiger partial charge in [-0.1, -0.05) is 139 Å². The second kappa shape index (κ2) is 13.2. The van der Waals surface area contributed by atoms with Crippen molar-refractivity contribution < 1.29 is 30.0 Å². The van der Waals surface area contributed by atoms with E-state index in [0.717, 1.165) is 28.6 Å². The molecule has 0 unspecified atom stereocenters. The summed E-state index contributed by atoms with van der Waals surface area (Å²) in [5.74, 6) is 0.741. The van der Waals surface area contributed by atoms with Crippen molar-refractivity contribution in [3.8, 4) is 11.3 Å². The Morgan fingerprint density at radius 3 is 2.24 bits per heavy atom. The van der Waals surface area contributed by atoms with Crippen molar-refractivity contribution in [3.05, 3.63) is 96.4 Å². The standard InChI is InChI=1S/C32H27N2Si.C11H20O2.Ir/c1-19(2)15-20-9-10-21-11-12-23-24-13-14-33-31-27-17-22-7-5-6-8-28(22)34-32(27)35(3,4)29(30(24)31)18-26(23)25(21)16-20;1-10(2,3)8(12)7-9(13)11(4,5)6;/h5-14,16,18-19H,15H2,1-4H3;7,12H,1-6H3;/q-1;;/b;8-7-;. The van der Waals surface area contributed by atoms with Crippen LogP contribution in [0.25, 0.3) is 54.5 Å². The van der Waals surface area contributed by atoms with Crippen LogP contribution in [-0.2, 0) is 31.3 Å². The molecule has 0 bridgehead atoms. The summed E-state index contributed by atoms with van der Waals surface area (Å²) >= 11 is 0. The van der Waals surface area contributed by atoms with Crippen molar-refractivity contribution in [1.82, 2.24) is 9.97 Å². The first kappa shape index (κ1) is 36.6. The minimum Gasteiger partial charge on any atom is -0.512 e. The zero-order valence-corrected chi connectivity index (χ0v) is 33.8. The molecule has 6 aromatic rings. The number of para-hydroxylation sites is 1. The van der Waals surface area contributed by atoms with Gasteiger partial charge in [-0.3, -0.25) is 9.78 Å². The number of allylic oxidation sites excluding steroid dienone is 2. The average Bonchev–Trinajstić information content (AvgIpc) is 3.01. The molecule has 0 spiro atoms. The summed E-state index contributed by atoms with van der Waals surface area (Å²) in [7, 11) is -2.11. The van der Waals surface area contributed by atoms with Gasteiger partial charge in [0.1, 0.15) is 5.76 Å². The number of fused-ring (bicyclic) bond motifs is 7. The number of hydrogen-bond donors (Lipinski definition) is 1. The number of carbonyl (C=O) groups excluding carboxylic acids is 1. The van der Waals surface area contributed by atoms with Gasteiger partial charge in [-0.2, -0.15) is 0 Å². The molecule has 4 aromatic carbocycles. The number of pyridine rings is 2. The molecule has 255 valence electrons. The number of benzene rings is 4. The predicted octanol–water partition coefficient (Wildman–Crippen LogP) is 9.98. The first-order chi connectivity index (χ1) is 22.5. The number of aromatic nitrogens is 2. The fourth-order valence-corrected chi connectivity index (χ4v) is 9.44. The molecule has 6 heteroatoms. The molecule has 0 amide bonds. The minimum absolute atomic E-state index is 0. The van der Waals surface area contributed by atoms with Gasteiger partial charge in [0.25, 0.3) is 0 Å². The molecule has 4 nitrogen and oxygen atoms in total. The van der Waals surface area contributed by atoms with Crippen molar-refractivity contribution in [3.63, 3.8) is 0 Å². The van der Waals surface area contributed by atoms with E-state index in [1.807, 2.05) is 47.7 Å². The maximum Gasteiger partial charge on any atom is 0.164 e. The summed E-state index contributed by atoms with van der Waals surface area (Å²) in [4.78, 5) is 21.6. The number of nitrogens with zero attached hydrogens (tertiary/aromatic N) is 2. The Balaban J connectivity index is 0.000000288. The molecule has 0 aliphatic carbocycles. The molecule has 3 heterocycles. The Labute approximate surface area is 305 Å². The van der Waals surface area contributed by atoms with E-state index in [9.17, 15) is 9.90 Å². The summed E-state index contributed by atoms with van der Waals surface area (Å²) in [5.41, 5.74) is 3.80. The van der Waals surface area contributed by atoms with Crippen molar-refractivity contribution in [2.45, 2.75) is 74.9 Å². The average molecular weight is 844 g/mol. The Kier molecular flexibility index (Phi) is 9.86. The predicted molar refractivity (Wildman–Crippen MR) is 206 cm³/mol. The van der Waals surface area contributed by atoms with Crippen LogP contribution in [0.15, 0.2) is 84.8 Å². The van der Waals surface area contributed by atoms with Crippen LogP contribution in [0, 0.1) is 22.8 Å². The van der Waals surface area contributed by atoms with E-state index < -0.39 is 13.5 Å². The number of carbonyl (C=O) groups is 1. The molecule has 0 saturated carbocycles. The summed E-state index contributed by atoms with van der Waals surface area (Å²) in [6, 6.07) is 28.3. The molecule has 1 N–H and O–H groups in total. The van der Waals surface area contributed by atoms with Crippen LogP contribution in [0.1, 0.15) is 61.0 Å². The maximum absolute atomic E-state index is 11.5. The van der Waals surface area contributed by atoms with Crippen LogP contribution in [0.4, 0.5) is 0 Å². The van der Waals surface area contributed by atoms with E-state index in [-0.39, 0.29) is 37.1 Å². The van der Waals surface area contributed by atoms with Crippen LogP contribution in [0.2, 0.25) is 13.1 Å². The van der Waals surface area contributed by atoms with Gasteiger partial charge >= 0.3 is 0 Å². The Morgan fingerprint density at radius 2 is 1.57 bits per heavy atom. The smallest absolute Gasteiger partial charge is 0.164 e. The molecular weight excluding hydrogens is 797 g/mol. The van der Waals surface area contributed by atoms with E-state index in [2.05, 4.69) is 99.7 Å². The fourth-order valence-electron chi connectivity index (χ4n) is 6.59. The fraction of sp³-hybridized carbons (Fsp3) is 0.326. The van der Waals surface area contributed by atoms with Gasteiger partial charge < -0.3 is 10.1 Å². The van der Waals surface area contributed by atoms with Gasteiger partial charge in [0.2, 0.25) is 0 Å². The third-order valence-electron chi connectivity index (χ3n) is 9.48. The summed E-state index contributed by atoms with van der Waals surface area (Å²) in [6.07, 6.45) is 4.40. The van der Waals surface area contributed by atoms with E-state index in [1.165, 1.54) is 54.5 Å². The van der Waals surface area contributed by atoms with Crippen molar-refractivity contribution >= 4 is 67.6 Å². The first-order valence-corrected chi connectivity index (χ1v) is 20.0. The molecule has 0 atom stereocenters. The van der Waals surface area contributed by atoms with Crippen molar-refractivity contribution in [2.75, 3.05) is 0 Å². The van der Waals surface area contributed by atoms with Gasteiger partial charge in [-0.15, -0.1) is 12.1 Å². The Hall–Kier alpha value is -3.70. The number of aliphatic hydroxyl groups is 1. The van der Waals surface area contributed by atoms with E-state index >= 15 is 0 Å². The molecule has 1 aliphatic rings. The van der Waals surface area contributed by atoms with E-state index in [4.69, 9.17) is 9.97 Å². The van der Waals surface area contributed by atoms with Crippen LogP contribution in [0.5, 0.6) is 0 Å². The minimum atomic E-state index is -2.11. The monoisotopic (exact) mass is 844 g/mol. The molecule has 1 aliphatic heterocycles. The van der Waals surface area contributed by atoms with E-state index in [1.54, 1.807) is 0 Å². The van der Waals surface area contributed by atoms with Gasteiger partial charge in [0.05, 0.1) is 8.07 Å². The molecule has 1 radical (unpaired) electrons. The second-order valence-corrected chi connectivity index (χ2v) is 20.6. The summed E-state index contributed by atoms with van der Waals surface area (Å²) < 4.78 is 0. The van der Waals surface area contributed by atoms with Crippen molar-refractivity contribution in [1.29, 1.82) is 0 Å². The Bertz CT molecular complexity index is 2270. The largest absolute Gasteiger partial charge is 0.512 e. The van der Waals surface area contributed by atoms with Crippen LogP contribution >= 0.6 is 0 Å². The molecule has 49 heavy (non-hydrogen) atoms. The third kappa shape index (κ3) is 6.88. The molecule has 0 fully saturated rings. The topological polar surface area (TPSA) is 63.1 Å². The summed E-state index contributed by atoms with van der Waals surface area (Å²) in [6.45, 7) is 20.6. The second-order valence-electron chi connectivity index (χ2n) is 16.3. The SMILES string of the molecule is CC(C)(C)C(=O)/C=C(\O)C(C)(C)C.CC(C)Cc1ccc2ccc3c4ccnc5c4c(cc3c2c1)[Si](C)(C)c1nc2ccccc2[c-]c1-5.[Ir].